The van der Waals surface area contributed by atoms with Crippen molar-refractivity contribution in [1.29, 1.82) is 0 Å². The van der Waals surface area contributed by atoms with Gasteiger partial charge in [-0.05, 0) is 18.9 Å². The van der Waals surface area contributed by atoms with Gasteiger partial charge in [-0.2, -0.15) is 8.78 Å². The molecule has 0 saturated heterocycles. The second-order valence-electron chi connectivity index (χ2n) is 4.02. The van der Waals surface area contributed by atoms with E-state index in [2.05, 4.69) is 4.74 Å². The number of fused-ring (bicyclic) bond motifs is 1. The number of Topliss-reactive ketones (excluding diaryl/α,β-unsaturated/α-hetero) is 1. The fourth-order valence-corrected chi connectivity index (χ4v) is 2.02. The SMILES string of the molecule is O=C1CCCc2c(OC(F)(F)C(Cl)Cl)cccc21. The molecule has 0 radical (unpaired) electrons. The molecular formula is C12H10Cl2F2O2. The summed E-state index contributed by atoms with van der Waals surface area (Å²) in [4.78, 5) is 9.68. The Morgan fingerprint density at radius 2 is 2.00 bits per heavy atom. The molecule has 1 aliphatic carbocycles. The van der Waals surface area contributed by atoms with Crippen molar-refractivity contribution >= 4 is 29.0 Å². The highest BCUT2D eigenvalue weighted by Gasteiger charge is 2.41. The molecule has 0 N–H and O–H groups in total. The predicted octanol–water partition coefficient (Wildman–Crippen LogP) is 3.98. The van der Waals surface area contributed by atoms with E-state index < -0.39 is 10.9 Å². The van der Waals surface area contributed by atoms with Crippen molar-refractivity contribution in [2.45, 2.75) is 30.2 Å². The van der Waals surface area contributed by atoms with Crippen molar-refractivity contribution < 1.29 is 18.3 Å². The summed E-state index contributed by atoms with van der Waals surface area (Å²) < 4.78 is 31.2. The summed E-state index contributed by atoms with van der Waals surface area (Å²) in [6.45, 7) is 0. The Hall–Kier alpha value is -0.870. The van der Waals surface area contributed by atoms with E-state index in [0.29, 0.717) is 30.4 Å². The first-order valence-electron chi connectivity index (χ1n) is 5.42. The molecule has 1 aromatic rings. The molecule has 2 rings (SSSR count). The number of hydrogen-bond acceptors (Lipinski definition) is 2. The summed E-state index contributed by atoms with van der Waals surface area (Å²) >= 11 is 10.3. The summed E-state index contributed by atoms with van der Waals surface area (Å²) in [5.74, 6) is -0.0878. The standard InChI is InChI=1S/C12H10Cl2F2O2/c13-11(14)12(15,16)18-10-6-2-3-7-8(10)4-1-5-9(7)17/h2-3,6,11H,1,4-5H2. The number of rotatable bonds is 3. The van der Waals surface area contributed by atoms with Crippen molar-refractivity contribution in [3.63, 3.8) is 0 Å². The van der Waals surface area contributed by atoms with Gasteiger partial charge >= 0.3 is 6.11 Å². The molecule has 0 atom stereocenters. The van der Waals surface area contributed by atoms with Crippen molar-refractivity contribution in [2.24, 2.45) is 0 Å². The lowest BCUT2D eigenvalue weighted by atomic mass is 9.90. The van der Waals surface area contributed by atoms with Gasteiger partial charge in [0.2, 0.25) is 4.84 Å². The van der Waals surface area contributed by atoms with Crippen LogP contribution in [0.2, 0.25) is 0 Å². The molecule has 0 fully saturated rings. The van der Waals surface area contributed by atoms with Gasteiger partial charge in [0, 0.05) is 17.5 Å². The number of halogens is 4. The summed E-state index contributed by atoms with van der Waals surface area (Å²) in [7, 11) is 0. The zero-order chi connectivity index (χ0) is 13.3. The van der Waals surface area contributed by atoms with Crippen LogP contribution >= 0.6 is 23.2 Å². The van der Waals surface area contributed by atoms with E-state index >= 15 is 0 Å². The van der Waals surface area contributed by atoms with Gasteiger partial charge in [0.15, 0.2) is 5.78 Å². The highest BCUT2D eigenvalue weighted by Crippen LogP contribution is 2.35. The lowest BCUT2D eigenvalue weighted by Crippen LogP contribution is -2.32. The van der Waals surface area contributed by atoms with Gasteiger partial charge < -0.3 is 4.74 Å². The van der Waals surface area contributed by atoms with Crippen LogP contribution in [-0.4, -0.2) is 16.7 Å². The molecule has 6 heteroatoms. The van der Waals surface area contributed by atoms with Crippen molar-refractivity contribution in [3.05, 3.63) is 29.3 Å². The zero-order valence-corrected chi connectivity index (χ0v) is 10.8. The normalized spacial score (nSPS) is 15.7. The van der Waals surface area contributed by atoms with Gasteiger partial charge in [-0.1, -0.05) is 35.3 Å². The third-order valence-corrected chi connectivity index (χ3v) is 3.27. The van der Waals surface area contributed by atoms with E-state index in [-0.39, 0.29) is 11.5 Å². The van der Waals surface area contributed by atoms with Crippen LogP contribution in [0.15, 0.2) is 18.2 Å². The van der Waals surface area contributed by atoms with Gasteiger partial charge in [-0.25, -0.2) is 0 Å². The minimum Gasteiger partial charge on any atom is -0.430 e. The number of hydrogen-bond donors (Lipinski definition) is 0. The van der Waals surface area contributed by atoms with Crippen molar-refractivity contribution in [3.8, 4) is 5.75 Å². The Balaban J connectivity index is 2.35. The average molecular weight is 295 g/mol. The Morgan fingerprint density at radius 3 is 2.67 bits per heavy atom. The molecule has 0 aromatic heterocycles. The number of carbonyl (C=O) groups is 1. The molecule has 0 bridgehead atoms. The van der Waals surface area contributed by atoms with Crippen LogP contribution < -0.4 is 4.74 Å². The number of ether oxygens (including phenoxy) is 1. The van der Waals surface area contributed by atoms with Crippen LogP contribution in [0.3, 0.4) is 0 Å². The van der Waals surface area contributed by atoms with E-state index in [4.69, 9.17) is 23.2 Å². The number of alkyl halides is 4. The number of benzene rings is 1. The van der Waals surface area contributed by atoms with E-state index in [1.165, 1.54) is 12.1 Å². The Labute approximate surface area is 113 Å². The Bertz CT molecular complexity index is 475. The Kier molecular flexibility index (Phi) is 3.78. The first-order chi connectivity index (χ1) is 8.42. The first-order valence-corrected chi connectivity index (χ1v) is 6.29. The lowest BCUT2D eigenvalue weighted by Gasteiger charge is -2.23. The van der Waals surface area contributed by atoms with E-state index in [9.17, 15) is 13.6 Å². The van der Waals surface area contributed by atoms with Gasteiger partial charge in [-0.15, -0.1) is 0 Å². The van der Waals surface area contributed by atoms with Crippen molar-refractivity contribution in [1.82, 2.24) is 0 Å². The Morgan fingerprint density at radius 1 is 1.28 bits per heavy atom. The molecule has 0 saturated carbocycles. The minimum atomic E-state index is -3.68. The maximum Gasteiger partial charge on any atom is 0.428 e. The van der Waals surface area contributed by atoms with Gasteiger partial charge in [0.1, 0.15) is 5.75 Å². The third kappa shape index (κ3) is 2.59. The summed E-state index contributed by atoms with van der Waals surface area (Å²) in [6, 6.07) is 4.51. The van der Waals surface area contributed by atoms with Crippen molar-refractivity contribution in [2.75, 3.05) is 0 Å². The van der Waals surface area contributed by atoms with Crippen LogP contribution in [0.1, 0.15) is 28.8 Å². The second kappa shape index (κ2) is 5.02. The van der Waals surface area contributed by atoms with E-state index in [1.54, 1.807) is 6.07 Å². The molecule has 98 valence electrons. The molecule has 1 aromatic carbocycles. The molecule has 18 heavy (non-hydrogen) atoms. The summed E-state index contributed by atoms with van der Waals surface area (Å²) in [5, 5.41) is 0. The number of carbonyl (C=O) groups excluding carboxylic acids is 1. The van der Waals surface area contributed by atoms with Gasteiger partial charge in [0.25, 0.3) is 0 Å². The maximum absolute atomic E-state index is 13.3. The largest absolute Gasteiger partial charge is 0.430 e. The summed E-state index contributed by atoms with van der Waals surface area (Å²) in [5.41, 5.74) is 0.942. The highest BCUT2D eigenvalue weighted by molar-refractivity contribution is 6.44. The minimum absolute atomic E-state index is 0.0307. The predicted molar refractivity (Wildman–Crippen MR) is 64.8 cm³/mol. The molecule has 1 aliphatic rings. The van der Waals surface area contributed by atoms with Crippen LogP contribution in [0.4, 0.5) is 8.78 Å². The summed E-state index contributed by atoms with van der Waals surface area (Å²) in [6.07, 6.45) is -2.09. The fourth-order valence-electron chi connectivity index (χ4n) is 1.93. The van der Waals surface area contributed by atoms with Crippen LogP contribution in [0.25, 0.3) is 0 Å². The molecular weight excluding hydrogens is 285 g/mol. The van der Waals surface area contributed by atoms with Crippen LogP contribution in [0, 0.1) is 0 Å². The molecule has 2 nitrogen and oxygen atoms in total. The van der Waals surface area contributed by atoms with Gasteiger partial charge in [-0.3, -0.25) is 4.79 Å². The lowest BCUT2D eigenvalue weighted by molar-refractivity contribution is -0.164. The molecule has 0 unspecified atom stereocenters. The highest BCUT2D eigenvalue weighted by atomic mass is 35.5. The first kappa shape index (κ1) is 13.6. The topological polar surface area (TPSA) is 26.3 Å². The molecule has 0 heterocycles. The van der Waals surface area contributed by atoms with E-state index in [0.717, 1.165) is 0 Å². The number of ketones is 1. The quantitative estimate of drug-likeness (QED) is 0.788. The zero-order valence-electron chi connectivity index (χ0n) is 9.26. The maximum atomic E-state index is 13.3. The average Bonchev–Trinajstić information content (AvgIpc) is 2.30. The second-order valence-corrected chi connectivity index (χ2v) is 5.12. The third-order valence-electron chi connectivity index (χ3n) is 2.76. The molecule has 0 amide bonds. The van der Waals surface area contributed by atoms with Crippen LogP contribution in [0.5, 0.6) is 5.75 Å². The molecule has 0 aliphatic heterocycles. The van der Waals surface area contributed by atoms with Crippen LogP contribution in [-0.2, 0) is 6.42 Å². The van der Waals surface area contributed by atoms with E-state index in [1.807, 2.05) is 0 Å². The fraction of sp³-hybridized carbons (Fsp3) is 0.417. The smallest absolute Gasteiger partial charge is 0.428 e. The monoisotopic (exact) mass is 294 g/mol. The van der Waals surface area contributed by atoms with Gasteiger partial charge in [0.05, 0.1) is 0 Å². The molecule has 0 spiro atoms.